The van der Waals surface area contributed by atoms with Gasteiger partial charge in [-0.2, -0.15) is 11.1 Å². The van der Waals surface area contributed by atoms with Crippen molar-refractivity contribution in [2.24, 2.45) is 5.92 Å². The largest absolute Gasteiger partial charge is 0.168 e. The molecule has 0 N–H and O–H groups in total. The summed E-state index contributed by atoms with van der Waals surface area (Å²) in [6, 6.07) is 1.26. The van der Waals surface area contributed by atoms with Crippen LogP contribution in [0.1, 0.15) is 20.3 Å². The minimum Gasteiger partial charge on any atom is -0.168 e. The van der Waals surface area contributed by atoms with Crippen molar-refractivity contribution in [3.05, 3.63) is 0 Å². The van der Waals surface area contributed by atoms with E-state index in [9.17, 15) is 0 Å². The fourth-order valence-electron chi connectivity index (χ4n) is 0.973. The summed E-state index contributed by atoms with van der Waals surface area (Å²) in [5.41, 5.74) is 0. The Kier molecular flexibility index (Phi) is 3.82. The first kappa shape index (κ1) is 9.51. The molecule has 56 valence electrons. The molecule has 0 amide bonds. The lowest BCUT2D eigenvalue weighted by Crippen LogP contribution is -2.19. The molecule has 0 fully saturated rings. The highest BCUT2D eigenvalue weighted by Crippen LogP contribution is 2.21. The first-order chi connectivity index (χ1) is 3.95. The molecule has 0 spiro atoms. The van der Waals surface area contributed by atoms with Gasteiger partial charge < -0.3 is 0 Å². The van der Waals surface area contributed by atoms with Gasteiger partial charge in [0.05, 0.1) is 0 Å². The lowest BCUT2D eigenvalue weighted by Gasteiger charge is -2.16. The second kappa shape index (κ2) is 3.62. The molecule has 0 aliphatic rings. The molecule has 0 aromatic rings. The molecule has 0 bridgehead atoms. The van der Waals surface area contributed by atoms with Gasteiger partial charge in [-0.25, -0.2) is 0 Å². The number of hydrogen-bond donors (Lipinski definition) is 0. The van der Waals surface area contributed by atoms with Crippen LogP contribution in [0.2, 0.25) is 19.1 Å². The molecule has 1 atom stereocenters. The SMILES string of the molecule is CC[C@H](C)C[Si](C)(C)Cl. The summed E-state index contributed by atoms with van der Waals surface area (Å²) in [5.74, 6) is 0.823. The highest BCUT2D eigenvalue weighted by atomic mass is 35.6. The second-order valence-corrected chi connectivity index (χ2v) is 10.4. The summed E-state index contributed by atoms with van der Waals surface area (Å²) in [4.78, 5) is 0. The molecule has 0 unspecified atom stereocenters. The lowest BCUT2D eigenvalue weighted by atomic mass is 10.2. The molecular formula is C7H17ClSi. The van der Waals surface area contributed by atoms with Crippen molar-refractivity contribution in [1.29, 1.82) is 0 Å². The Balaban J connectivity index is 3.47. The van der Waals surface area contributed by atoms with Crippen LogP contribution in [0.5, 0.6) is 0 Å². The molecule has 9 heavy (non-hydrogen) atoms. The zero-order chi connectivity index (χ0) is 7.49. The van der Waals surface area contributed by atoms with Crippen molar-refractivity contribution in [3.63, 3.8) is 0 Å². The van der Waals surface area contributed by atoms with Crippen LogP contribution in [0.15, 0.2) is 0 Å². The maximum absolute atomic E-state index is 6.15. The van der Waals surface area contributed by atoms with Crippen molar-refractivity contribution in [1.82, 2.24) is 0 Å². The summed E-state index contributed by atoms with van der Waals surface area (Å²) in [7, 11) is -1.27. The predicted molar refractivity (Wildman–Crippen MR) is 47.6 cm³/mol. The van der Waals surface area contributed by atoms with Crippen LogP contribution in [0.25, 0.3) is 0 Å². The van der Waals surface area contributed by atoms with Gasteiger partial charge in [0.1, 0.15) is 0 Å². The lowest BCUT2D eigenvalue weighted by molar-refractivity contribution is 0.618. The van der Waals surface area contributed by atoms with Gasteiger partial charge in [-0.1, -0.05) is 33.4 Å². The molecule has 0 saturated carbocycles. The van der Waals surface area contributed by atoms with Crippen molar-refractivity contribution >= 4 is 18.5 Å². The van der Waals surface area contributed by atoms with E-state index in [1.165, 1.54) is 12.5 Å². The Morgan fingerprint density at radius 3 is 2.00 bits per heavy atom. The molecular weight excluding hydrogens is 148 g/mol. The quantitative estimate of drug-likeness (QED) is 0.443. The first-order valence-electron chi connectivity index (χ1n) is 3.64. The molecule has 0 heterocycles. The summed E-state index contributed by atoms with van der Waals surface area (Å²) >= 11 is 6.15. The van der Waals surface area contributed by atoms with E-state index >= 15 is 0 Å². The number of halogens is 1. The van der Waals surface area contributed by atoms with Gasteiger partial charge in [-0.05, 0) is 12.0 Å². The monoisotopic (exact) mass is 164 g/mol. The second-order valence-electron chi connectivity index (χ2n) is 3.44. The van der Waals surface area contributed by atoms with E-state index in [1.807, 2.05) is 0 Å². The van der Waals surface area contributed by atoms with Gasteiger partial charge in [-0.15, -0.1) is 0 Å². The van der Waals surface area contributed by atoms with Gasteiger partial charge in [0.15, 0.2) is 7.38 Å². The zero-order valence-corrected chi connectivity index (χ0v) is 8.63. The van der Waals surface area contributed by atoms with Crippen LogP contribution in [-0.2, 0) is 0 Å². The highest BCUT2D eigenvalue weighted by Gasteiger charge is 2.19. The summed E-state index contributed by atoms with van der Waals surface area (Å²) in [6.07, 6.45) is 1.27. The van der Waals surface area contributed by atoms with E-state index in [0.717, 1.165) is 5.92 Å². The van der Waals surface area contributed by atoms with Crippen molar-refractivity contribution < 1.29 is 0 Å². The molecule has 0 radical (unpaired) electrons. The normalized spacial score (nSPS) is 15.7. The minimum absolute atomic E-state index is 0.823. The van der Waals surface area contributed by atoms with E-state index in [1.54, 1.807) is 0 Å². The van der Waals surface area contributed by atoms with E-state index in [4.69, 9.17) is 11.1 Å². The molecule has 0 aliphatic carbocycles. The van der Waals surface area contributed by atoms with Crippen LogP contribution in [0.4, 0.5) is 0 Å². The molecule has 0 saturated heterocycles. The van der Waals surface area contributed by atoms with E-state index in [-0.39, 0.29) is 0 Å². The van der Waals surface area contributed by atoms with E-state index < -0.39 is 7.38 Å². The molecule has 0 aromatic heterocycles. The van der Waals surface area contributed by atoms with Gasteiger partial charge in [0.25, 0.3) is 0 Å². The zero-order valence-electron chi connectivity index (χ0n) is 6.87. The Bertz CT molecular complexity index is 75.5. The van der Waals surface area contributed by atoms with Crippen LogP contribution < -0.4 is 0 Å². The van der Waals surface area contributed by atoms with Crippen LogP contribution in [-0.4, -0.2) is 7.38 Å². The summed E-state index contributed by atoms with van der Waals surface area (Å²) < 4.78 is 0. The van der Waals surface area contributed by atoms with E-state index in [0.29, 0.717) is 0 Å². The Morgan fingerprint density at radius 1 is 1.44 bits per heavy atom. The van der Waals surface area contributed by atoms with Gasteiger partial charge in [0, 0.05) is 0 Å². The molecule has 0 aromatic carbocycles. The van der Waals surface area contributed by atoms with Gasteiger partial charge in [-0.3, -0.25) is 0 Å². The Morgan fingerprint density at radius 2 is 1.89 bits per heavy atom. The van der Waals surface area contributed by atoms with Crippen molar-refractivity contribution in [2.45, 2.75) is 39.4 Å². The van der Waals surface area contributed by atoms with Gasteiger partial charge >= 0.3 is 0 Å². The van der Waals surface area contributed by atoms with E-state index in [2.05, 4.69) is 26.9 Å². The Hall–Kier alpha value is 0.507. The highest BCUT2D eigenvalue weighted by molar-refractivity contribution is 7.19. The molecule has 2 heteroatoms. The summed E-state index contributed by atoms with van der Waals surface area (Å²) in [5, 5.41) is 0. The van der Waals surface area contributed by atoms with Crippen LogP contribution in [0, 0.1) is 5.92 Å². The molecule has 0 aliphatic heterocycles. The average Bonchev–Trinajstić information content (AvgIpc) is 1.62. The van der Waals surface area contributed by atoms with Crippen LogP contribution in [0.3, 0.4) is 0 Å². The standard InChI is InChI=1S/C7H17ClSi/c1-5-7(2)6-9(3,4)8/h7H,5-6H2,1-4H3/t7-/m0/s1. The third kappa shape index (κ3) is 6.39. The maximum Gasteiger partial charge on any atom is 0.150 e. The minimum atomic E-state index is -1.27. The summed E-state index contributed by atoms with van der Waals surface area (Å²) in [6.45, 7) is 8.92. The topological polar surface area (TPSA) is 0 Å². The predicted octanol–water partition coefficient (Wildman–Crippen LogP) is 3.48. The van der Waals surface area contributed by atoms with Gasteiger partial charge in [0.2, 0.25) is 0 Å². The first-order valence-corrected chi connectivity index (χ1v) is 7.86. The third-order valence-electron chi connectivity index (χ3n) is 1.53. The van der Waals surface area contributed by atoms with Crippen molar-refractivity contribution in [3.8, 4) is 0 Å². The average molecular weight is 165 g/mol. The number of hydrogen-bond acceptors (Lipinski definition) is 0. The third-order valence-corrected chi connectivity index (χ3v) is 3.66. The fraction of sp³-hybridized carbons (Fsp3) is 1.00. The molecule has 0 nitrogen and oxygen atoms in total. The van der Waals surface area contributed by atoms with Crippen LogP contribution >= 0.6 is 11.1 Å². The van der Waals surface area contributed by atoms with Crippen molar-refractivity contribution in [2.75, 3.05) is 0 Å². The Labute approximate surface area is 64.3 Å². The number of rotatable bonds is 3. The smallest absolute Gasteiger partial charge is 0.150 e. The fourth-order valence-corrected chi connectivity index (χ4v) is 3.71. The molecule has 0 rings (SSSR count). The maximum atomic E-state index is 6.15.